The summed E-state index contributed by atoms with van der Waals surface area (Å²) < 4.78 is 25.3. The van der Waals surface area contributed by atoms with Gasteiger partial charge in [0.1, 0.15) is 17.3 Å². The van der Waals surface area contributed by atoms with Crippen molar-refractivity contribution in [3.63, 3.8) is 0 Å². The number of morpholine rings is 1. The highest BCUT2D eigenvalue weighted by molar-refractivity contribution is 5.93. The van der Waals surface area contributed by atoms with Crippen molar-refractivity contribution in [2.75, 3.05) is 38.2 Å². The zero-order chi connectivity index (χ0) is 18.6. The molecule has 0 spiro atoms. The fourth-order valence-electron chi connectivity index (χ4n) is 2.96. The van der Waals surface area contributed by atoms with Crippen LogP contribution in [-0.2, 0) is 9.53 Å². The molecule has 2 aromatic rings. The largest absolute Gasteiger partial charge is 0.488 e. The third kappa shape index (κ3) is 4.61. The number of benzene rings is 1. The average molecular weight is 371 g/mol. The van der Waals surface area contributed by atoms with Gasteiger partial charge in [-0.15, -0.1) is 0 Å². The molecule has 0 unspecified atom stereocenters. The summed E-state index contributed by atoms with van der Waals surface area (Å²) in [7, 11) is 0. The molecule has 6 nitrogen and oxygen atoms in total. The van der Waals surface area contributed by atoms with E-state index in [-0.39, 0.29) is 17.8 Å². The predicted molar refractivity (Wildman–Crippen MR) is 99.2 cm³/mol. The Kier molecular flexibility index (Phi) is 5.31. The SMILES string of the molecule is O=C(CN1CCOCC1)Nc1cnc(-c2ccccc2F)cc1OC1CC1. The van der Waals surface area contributed by atoms with Crippen LogP contribution in [0.25, 0.3) is 11.3 Å². The Hall–Kier alpha value is -2.51. The number of nitrogens with one attached hydrogen (secondary N) is 1. The first-order chi connectivity index (χ1) is 13.2. The van der Waals surface area contributed by atoms with Crippen molar-refractivity contribution in [1.82, 2.24) is 9.88 Å². The Morgan fingerprint density at radius 1 is 1.30 bits per heavy atom. The van der Waals surface area contributed by atoms with E-state index >= 15 is 0 Å². The number of ether oxygens (including phenoxy) is 2. The van der Waals surface area contributed by atoms with Crippen LogP contribution in [0.1, 0.15) is 12.8 Å². The maximum absolute atomic E-state index is 14.1. The lowest BCUT2D eigenvalue weighted by molar-refractivity contribution is -0.118. The van der Waals surface area contributed by atoms with E-state index in [0.29, 0.717) is 42.5 Å². The molecule has 1 aromatic carbocycles. The van der Waals surface area contributed by atoms with Gasteiger partial charge in [0.25, 0.3) is 0 Å². The molecule has 1 saturated carbocycles. The van der Waals surface area contributed by atoms with E-state index in [0.717, 1.165) is 25.9 Å². The molecular formula is C20H22FN3O3. The summed E-state index contributed by atoms with van der Waals surface area (Å²) in [6.45, 7) is 3.05. The molecule has 0 bridgehead atoms. The number of rotatable bonds is 6. The predicted octanol–water partition coefficient (Wildman–Crippen LogP) is 2.70. The lowest BCUT2D eigenvalue weighted by Crippen LogP contribution is -2.41. The van der Waals surface area contributed by atoms with E-state index in [1.54, 1.807) is 24.3 Å². The van der Waals surface area contributed by atoms with Gasteiger partial charge in [-0.3, -0.25) is 14.7 Å². The van der Waals surface area contributed by atoms with Gasteiger partial charge in [-0.1, -0.05) is 12.1 Å². The van der Waals surface area contributed by atoms with Crippen molar-refractivity contribution in [2.24, 2.45) is 0 Å². The zero-order valence-electron chi connectivity index (χ0n) is 15.0. The average Bonchev–Trinajstić information content (AvgIpc) is 3.48. The highest BCUT2D eigenvalue weighted by atomic mass is 19.1. The molecule has 0 radical (unpaired) electrons. The van der Waals surface area contributed by atoms with E-state index in [9.17, 15) is 9.18 Å². The minimum atomic E-state index is -0.341. The van der Waals surface area contributed by atoms with Gasteiger partial charge in [0.05, 0.1) is 37.8 Å². The lowest BCUT2D eigenvalue weighted by Gasteiger charge is -2.26. The van der Waals surface area contributed by atoms with E-state index in [4.69, 9.17) is 9.47 Å². The molecular weight excluding hydrogens is 349 g/mol. The van der Waals surface area contributed by atoms with Crippen LogP contribution in [0.2, 0.25) is 0 Å². The fraction of sp³-hybridized carbons (Fsp3) is 0.400. The third-order valence-corrected chi connectivity index (χ3v) is 4.58. The summed E-state index contributed by atoms with van der Waals surface area (Å²) in [5, 5.41) is 2.88. The Morgan fingerprint density at radius 3 is 2.81 bits per heavy atom. The molecule has 1 aromatic heterocycles. The Morgan fingerprint density at radius 2 is 2.07 bits per heavy atom. The molecule has 2 fully saturated rings. The maximum atomic E-state index is 14.1. The Balaban J connectivity index is 1.52. The monoisotopic (exact) mass is 371 g/mol. The zero-order valence-corrected chi connectivity index (χ0v) is 15.0. The van der Waals surface area contributed by atoms with Gasteiger partial charge >= 0.3 is 0 Å². The fourth-order valence-corrected chi connectivity index (χ4v) is 2.96. The van der Waals surface area contributed by atoms with E-state index in [1.165, 1.54) is 12.3 Å². The van der Waals surface area contributed by atoms with E-state index < -0.39 is 0 Å². The highest BCUT2D eigenvalue weighted by Crippen LogP contribution is 2.34. The van der Waals surface area contributed by atoms with Crippen LogP contribution in [0.15, 0.2) is 36.5 Å². The van der Waals surface area contributed by atoms with Crippen molar-refractivity contribution in [2.45, 2.75) is 18.9 Å². The number of pyridine rings is 1. The molecule has 2 heterocycles. The minimum absolute atomic E-state index is 0.127. The van der Waals surface area contributed by atoms with Gasteiger partial charge in [0.2, 0.25) is 5.91 Å². The van der Waals surface area contributed by atoms with Gasteiger partial charge in [0.15, 0.2) is 0 Å². The van der Waals surface area contributed by atoms with Gasteiger partial charge in [-0.05, 0) is 25.0 Å². The number of halogens is 1. The summed E-state index contributed by atoms with van der Waals surface area (Å²) in [4.78, 5) is 18.8. The van der Waals surface area contributed by atoms with Crippen LogP contribution in [0.5, 0.6) is 5.75 Å². The van der Waals surface area contributed by atoms with Gasteiger partial charge in [0, 0.05) is 24.7 Å². The maximum Gasteiger partial charge on any atom is 0.238 e. The molecule has 4 rings (SSSR count). The number of anilines is 1. The number of nitrogens with zero attached hydrogens (tertiary/aromatic N) is 2. The molecule has 0 atom stereocenters. The van der Waals surface area contributed by atoms with Crippen molar-refractivity contribution >= 4 is 11.6 Å². The summed E-state index contributed by atoms with van der Waals surface area (Å²) in [6.07, 6.45) is 3.66. The van der Waals surface area contributed by atoms with Crippen molar-refractivity contribution in [3.05, 3.63) is 42.3 Å². The van der Waals surface area contributed by atoms with Crippen LogP contribution in [0.4, 0.5) is 10.1 Å². The van der Waals surface area contributed by atoms with Crippen LogP contribution in [0, 0.1) is 5.82 Å². The number of carbonyl (C=O) groups is 1. The number of aromatic nitrogens is 1. The molecule has 142 valence electrons. The quantitative estimate of drug-likeness (QED) is 0.846. The second kappa shape index (κ2) is 8.02. The topological polar surface area (TPSA) is 63.7 Å². The highest BCUT2D eigenvalue weighted by Gasteiger charge is 2.26. The first-order valence-electron chi connectivity index (χ1n) is 9.20. The minimum Gasteiger partial charge on any atom is -0.488 e. The first-order valence-corrected chi connectivity index (χ1v) is 9.20. The number of carbonyl (C=O) groups excluding carboxylic acids is 1. The van der Waals surface area contributed by atoms with Crippen LogP contribution in [0.3, 0.4) is 0 Å². The summed E-state index contributed by atoms with van der Waals surface area (Å²) >= 11 is 0. The molecule has 2 aliphatic rings. The standard InChI is InChI=1S/C20H22FN3O3/c21-16-4-2-1-3-15(16)17-11-19(27-14-5-6-14)18(12-22-17)23-20(25)13-24-7-9-26-10-8-24/h1-4,11-12,14H,5-10,13H2,(H,23,25). The molecule has 1 N–H and O–H groups in total. The third-order valence-electron chi connectivity index (χ3n) is 4.58. The first kappa shape index (κ1) is 17.9. The summed E-state index contributed by atoms with van der Waals surface area (Å²) in [6, 6.07) is 8.17. The Bertz CT molecular complexity index is 820. The second-order valence-electron chi connectivity index (χ2n) is 6.80. The number of hydrogen-bond acceptors (Lipinski definition) is 5. The van der Waals surface area contributed by atoms with Crippen LogP contribution in [-0.4, -0.2) is 54.7 Å². The van der Waals surface area contributed by atoms with Crippen molar-refractivity contribution < 1.29 is 18.7 Å². The molecule has 1 amide bonds. The molecule has 27 heavy (non-hydrogen) atoms. The second-order valence-corrected chi connectivity index (χ2v) is 6.80. The Labute approximate surface area is 157 Å². The lowest BCUT2D eigenvalue weighted by atomic mass is 10.1. The van der Waals surface area contributed by atoms with E-state index in [1.807, 2.05) is 4.90 Å². The molecule has 1 saturated heterocycles. The molecule has 1 aliphatic heterocycles. The van der Waals surface area contributed by atoms with Crippen molar-refractivity contribution in [1.29, 1.82) is 0 Å². The number of hydrogen-bond donors (Lipinski definition) is 1. The number of amides is 1. The normalized spacial score (nSPS) is 17.5. The molecule has 1 aliphatic carbocycles. The van der Waals surface area contributed by atoms with Gasteiger partial charge < -0.3 is 14.8 Å². The summed E-state index contributed by atoms with van der Waals surface area (Å²) in [5.41, 5.74) is 1.40. The smallest absolute Gasteiger partial charge is 0.238 e. The van der Waals surface area contributed by atoms with Gasteiger partial charge in [-0.25, -0.2) is 4.39 Å². The van der Waals surface area contributed by atoms with Crippen LogP contribution < -0.4 is 10.1 Å². The van der Waals surface area contributed by atoms with Gasteiger partial charge in [-0.2, -0.15) is 0 Å². The van der Waals surface area contributed by atoms with E-state index in [2.05, 4.69) is 10.3 Å². The summed E-state index contributed by atoms with van der Waals surface area (Å²) in [5.74, 6) is 0.0607. The van der Waals surface area contributed by atoms with Crippen molar-refractivity contribution in [3.8, 4) is 17.0 Å². The molecule has 7 heteroatoms. The van der Waals surface area contributed by atoms with Crippen LogP contribution >= 0.6 is 0 Å².